The highest BCUT2D eigenvalue weighted by atomic mass is 16.5. The Morgan fingerprint density at radius 2 is 2.15 bits per heavy atom. The molecule has 3 atom stereocenters. The first kappa shape index (κ1) is 16.6. The Kier molecular flexibility index (Phi) is 4.31. The van der Waals surface area contributed by atoms with Crippen LogP contribution in [0.4, 0.5) is 11.6 Å². The van der Waals surface area contributed by atoms with Crippen LogP contribution in [0.1, 0.15) is 26.0 Å². The highest BCUT2D eigenvalue weighted by Gasteiger charge is 2.36. The van der Waals surface area contributed by atoms with E-state index in [1.807, 2.05) is 37.3 Å². The van der Waals surface area contributed by atoms with E-state index in [9.17, 15) is 9.90 Å². The Hall–Kier alpha value is -2.91. The van der Waals surface area contributed by atoms with Gasteiger partial charge in [0.2, 0.25) is 0 Å². The number of aliphatic hydroxyl groups excluding tert-OH is 1. The van der Waals surface area contributed by atoms with Crippen molar-refractivity contribution in [1.82, 2.24) is 19.5 Å². The van der Waals surface area contributed by atoms with E-state index in [1.165, 1.54) is 6.33 Å². The average Bonchev–Trinajstić information content (AvgIpc) is 3.21. The minimum Gasteiger partial charge on any atom is -0.390 e. The van der Waals surface area contributed by atoms with E-state index in [1.54, 1.807) is 4.57 Å². The zero-order valence-electron chi connectivity index (χ0n) is 14.1. The van der Waals surface area contributed by atoms with Gasteiger partial charge in [-0.15, -0.1) is 10.2 Å². The summed E-state index contributed by atoms with van der Waals surface area (Å²) in [5.74, 6) is 0.210. The lowest BCUT2D eigenvalue weighted by molar-refractivity contribution is -0.0176. The smallest absolute Gasteiger partial charge is 0.278 e. The number of ether oxygens (including phenoxy) is 1. The van der Waals surface area contributed by atoms with Gasteiger partial charge < -0.3 is 14.8 Å². The third-order valence-electron chi connectivity index (χ3n) is 4.37. The molecule has 0 bridgehead atoms. The highest BCUT2D eigenvalue weighted by Crippen LogP contribution is 2.35. The standard InChI is InChI=1S/C17H18N6O3/c1-2-12-11(24)8-13(26-12)23-15-14(16(25)19-9-18-15)20-17(23)22-21-10-6-4-3-5-7-10/h3-7,9,11-13,24H,2,8H2,1H3,(H,18,19,25)/t11-,12-,13-/m1/s1. The van der Waals surface area contributed by atoms with Crippen LogP contribution in [0, 0.1) is 0 Å². The van der Waals surface area contributed by atoms with Crippen LogP contribution >= 0.6 is 0 Å². The van der Waals surface area contributed by atoms with Gasteiger partial charge in [-0.3, -0.25) is 9.36 Å². The Morgan fingerprint density at radius 3 is 2.88 bits per heavy atom. The number of benzene rings is 1. The molecule has 1 fully saturated rings. The molecular weight excluding hydrogens is 336 g/mol. The zero-order chi connectivity index (χ0) is 18.1. The van der Waals surface area contributed by atoms with Gasteiger partial charge in [-0.25, -0.2) is 9.97 Å². The summed E-state index contributed by atoms with van der Waals surface area (Å²) in [7, 11) is 0. The largest absolute Gasteiger partial charge is 0.390 e. The van der Waals surface area contributed by atoms with Gasteiger partial charge in [0.05, 0.1) is 24.2 Å². The summed E-state index contributed by atoms with van der Waals surface area (Å²) in [6, 6.07) is 9.21. The summed E-state index contributed by atoms with van der Waals surface area (Å²) < 4.78 is 7.55. The SMILES string of the molecule is CC[C@H]1O[C@@H](n2c(N=Nc3ccccc3)nc3c(=O)[nH]cnc32)C[C@H]1O. The molecule has 9 heteroatoms. The maximum Gasteiger partial charge on any atom is 0.278 e. The molecule has 1 saturated heterocycles. The summed E-state index contributed by atoms with van der Waals surface area (Å²) in [5, 5.41) is 18.6. The lowest BCUT2D eigenvalue weighted by Crippen LogP contribution is -2.19. The molecule has 2 aromatic heterocycles. The average molecular weight is 354 g/mol. The summed E-state index contributed by atoms with van der Waals surface area (Å²) >= 11 is 0. The third kappa shape index (κ3) is 2.91. The summed E-state index contributed by atoms with van der Waals surface area (Å²) in [4.78, 5) is 23.1. The summed E-state index contributed by atoms with van der Waals surface area (Å²) in [5.41, 5.74) is 0.805. The zero-order valence-corrected chi connectivity index (χ0v) is 14.1. The third-order valence-corrected chi connectivity index (χ3v) is 4.37. The number of nitrogens with one attached hydrogen (secondary N) is 1. The van der Waals surface area contributed by atoms with Crippen molar-refractivity contribution in [3.8, 4) is 0 Å². The van der Waals surface area contributed by atoms with Crippen LogP contribution in [0.15, 0.2) is 51.7 Å². The van der Waals surface area contributed by atoms with Crippen LogP contribution in [-0.4, -0.2) is 36.8 Å². The first-order valence-corrected chi connectivity index (χ1v) is 8.43. The molecule has 2 N–H and O–H groups in total. The van der Waals surface area contributed by atoms with Crippen LogP contribution in [0.25, 0.3) is 11.2 Å². The van der Waals surface area contributed by atoms with Crippen molar-refractivity contribution in [2.75, 3.05) is 0 Å². The van der Waals surface area contributed by atoms with Gasteiger partial charge in [-0.1, -0.05) is 25.1 Å². The Balaban J connectivity index is 1.81. The lowest BCUT2D eigenvalue weighted by Gasteiger charge is -2.14. The molecule has 4 rings (SSSR count). The maximum absolute atomic E-state index is 12.1. The van der Waals surface area contributed by atoms with Gasteiger partial charge in [0, 0.05) is 6.42 Å². The second kappa shape index (κ2) is 6.77. The van der Waals surface area contributed by atoms with Crippen LogP contribution in [-0.2, 0) is 4.74 Å². The number of rotatable bonds is 4. The van der Waals surface area contributed by atoms with Crippen molar-refractivity contribution >= 4 is 22.8 Å². The molecule has 134 valence electrons. The summed E-state index contributed by atoms with van der Waals surface area (Å²) in [6.45, 7) is 1.95. The number of aromatic amines is 1. The topological polar surface area (TPSA) is 118 Å². The molecule has 0 aliphatic carbocycles. The molecule has 26 heavy (non-hydrogen) atoms. The number of H-pyrrole nitrogens is 1. The van der Waals surface area contributed by atoms with Gasteiger partial charge in [0.1, 0.15) is 6.23 Å². The second-order valence-corrected chi connectivity index (χ2v) is 6.06. The minimum atomic E-state index is -0.594. The van der Waals surface area contributed by atoms with Crippen LogP contribution < -0.4 is 5.56 Å². The molecule has 1 aliphatic heterocycles. The lowest BCUT2D eigenvalue weighted by atomic mass is 10.1. The van der Waals surface area contributed by atoms with E-state index in [-0.39, 0.29) is 23.1 Å². The number of azo groups is 1. The summed E-state index contributed by atoms with van der Waals surface area (Å²) in [6.07, 6.45) is 0.968. The quantitative estimate of drug-likeness (QED) is 0.698. The molecule has 1 aliphatic rings. The van der Waals surface area contributed by atoms with E-state index < -0.39 is 12.3 Å². The van der Waals surface area contributed by atoms with E-state index in [2.05, 4.69) is 25.2 Å². The van der Waals surface area contributed by atoms with Crippen molar-refractivity contribution in [2.45, 2.75) is 38.2 Å². The number of imidazole rings is 1. The Bertz CT molecular complexity index is 997. The van der Waals surface area contributed by atoms with Crippen molar-refractivity contribution in [3.63, 3.8) is 0 Å². The van der Waals surface area contributed by atoms with Crippen molar-refractivity contribution in [2.24, 2.45) is 10.2 Å². The number of nitrogens with zero attached hydrogens (tertiary/aromatic N) is 5. The molecule has 0 unspecified atom stereocenters. The van der Waals surface area contributed by atoms with Gasteiger partial charge in [-0.2, -0.15) is 0 Å². The van der Waals surface area contributed by atoms with E-state index >= 15 is 0 Å². The van der Waals surface area contributed by atoms with Crippen LogP contribution in [0.2, 0.25) is 0 Å². The predicted molar refractivity (Wildman–Crippen MR) is 93.6 cm³/mol. The molecule has 3 aromatic rings. The van der Waals surface area contributed by atoms with Crippen molar-refractivity contribution < 1.29 is 9.84 Å². The minimum absolute atomic E-state index is 0.160. The van der Waals surface area contributed by atoms with Gasteiger partial charge >= 0.3 is 0 Å². The first-order valence-electron chi connectivity index (χ1n) is 8.43. The monoisotopic (exact) mass is 354 g/mol. The van der Waals surface area contributed by atoms with Gasteiger partial charge in [0.25, 0.3) is 11.5 Å². The van der Waals surface area contributed by atoms with Gasteiger partial charge in [0.15, 0.2) is 11.2 Å². The molecule has 0 radical (unpaired) electrons. The van der Waals surface area contributed by atoms with Crippen molar-refractivity contribution in [1.29, 1.82) is 0 Å². The van der Waals surface area contributed by atoms with Crippen LogP contribution in [0.5, 0.6) is 0 Å². The first-order chi connectivity index (χ1) is 12.7. The molecule has 0 saturated carbocycles. The van der Waals surface area contributed by atoms with Gasteiger partial charge in [-0.05, 0) is 18.6 Å². The number of hydrogen-bond donors (Lipinski definition) is 2. The molecule has 0 amide bonds. The van der Waals surface area contributed by atoms with E-state index in [0.29, 0.717) is 24.2 Å². The fourth-order valence-corrected chi connectivity index (χ4v) is 3.08. The predicted octanol–water partition coefficient (Wildman–Crippen LogP) is 2.59. The molecule has 0 spiro atoms. The molecule has 1 aromatic carbocycles. The fourth-order valence-electron chi connectivity index (χ4n) is 3.08. The van der Waals surface area contributed by atoms with Crippen molar-refractivity contribution in [3.05, 3.63) is 47.0 Å². The van der Waals surface area contributed by atoms with E-state index in [4.69, 9.17) is 4.74 Å². The number of hydrogen-bond acceptors (Lipinski definition) is 7. The maximum atomic E-state index is 12.1. The normalized spacial score (nSPS) is 23.2. The van der Waals surface area contributed by atoms with E-state index in [0.717, 1.165) is 0 Å². The number of aromatic nitrogens is 4. The fraction of sp³-hybridized carbons (Fsp3) is 0.353. The Labute approximate surface area is 148 Å². The second-order valence-electron chi connectivity index (χ2n) is 6.06. The molecular formula is C17H18N6O3. The molecule has 9 nitrogen and oxygen atoms in total. The number of aliphatic hydroxyl groups is 1. The highest BCUT2D eigenvalue weighted by molar-refractivity contribution is 5.72. The van der Waals surface area contributed by atoms with Crippen LogP contribution in [0.3, 0.4) is 0 Å². The Morgan fingerprint density at radius 1 is 1.35 bits per heavy atom. The number of fused-ring (bicyclic) bond motifs is 1. The molecule has 3 heterocycles.